The number of hydrogen-bond donors (Lipinski definition) is 1. The normalized spacial score (nSPS) is 11.0. The number of aromatic amines is 1. The molecular weight excluding hydrogens is 314 g/mol. The molecule has 0 fully saturated rings. The van der Waals surface area contributed by atoms with Gasteiger partial charge in [-0.15, -0.1) is 0 Å². The van der Waals surface area contributed by atoms with Crippen LogP contribution in [0.25, 0.3) is 11.2 Å². The lowest BCUT2D eigenvalue weighted by atomic mass is 10.4. The number of rotatable bonds is 2. The van der Waals surface area contributed by atoms with E-state index in [1.165, 1.54) is 18.1 Å². The van der Waals surface area contributed by atoms with E-state index in [0.29, 0.717) is 5.65 Å². The third kappa shape index (κ3) is 2.11. The van der Waals surface area contributed by atoms with Gasteiger partial charge in [0.15, 0.2) is 5.65 Å². The summed E-state index contributed by atoms with van der Waals surface area (Å²) in [6.45, 7) is 1.96. The van der Waals surface area contributed by atoms with Crippen molar-refractivity contribution in [1.29, 1.82) is 0 Å². The zero-order valence-electron chi connectivity index (χ0n) is 9.38. The van der Waals surface area contributed by atoms with Crippen LogP contribution in [-0.4, -0.2) is 24.9 Å². The van der Waals surface area contributed by atoms with Crippen molar-refractivity contribution in [1.82, 2.24) is 24.9 Å². The van der Waals surface area contributed by atoms with Crippen molar-refractivity contribution in [3.8, 4) is 0 Å². The maximum Gasteiger partial charge on any atom is 0.181 e. The van der Waals surface area contributed by atoms with Gasteiger partial charge in [0.05, 0.1) is 12.0 Å². The van der Waals surface area contributed by atoms with Gasteiger partial charge in [-0.05, 0) is 46.7 Å². The first-order valence-electron chi connectivity index (χ1n) is 5.19. The third-order valence-corrected chi connectivity index (χ3v) is 4.16. The predicted molar refractivity (Wildman–Crippen MR) is 72.5 cm³/mol. The Morgan fingerprint density at radius 3 is 2.94 bits per heavy atom. The Labute approximate surface area is 116 Å². The van der Waals surface area contributed by atoms with Crippen LogP contribution in [0.1, 0.15) is 5.69 Å². The van der Waals surface area contributed by atoms with Gasteiger partial charge in [0.25, 0.3) is 0 Å². The second kappa shape index (κ2) is 4.66. The van der Waals surface area contributed by atoms with Crippen LogP contribution in [0.4, 0.5) is 0 Å². The summed E-state index contributed by atoms with van der Waals surface area (Å²) in [7, 11) is 0. The highest BCUT2D eigenvalue weighted by atomic mass is 79.9. The van der Waals surface area contributed by atoms with Crippen molar-refractivity contribution < 1.29 is 0 Å². The molecule has 18 heavy (non-hydrogen) atoms. The average molecular weight is 322 g/mol. The van der Waals surface area contributed by atoms with Gasteiger partial charge >= 0.3 is 0 Å². The fourth-order valence-electron chi connectivity index (χ4n) is 1.50. The topological polar surface area (TPSA) is 67.3 Å². The van der Waals surface area contributed by atoms with Gasteiger partial charge in [0.1, 0.15) is 21.9 Å². The van der Waals surface area contributed by atoms with Crippen molar-refractivity contribution >= 4 is 38.9 Å². The Bertz CT molecular complexity index is 711. The van der Waals surface area contributed by atoms with Gasteiger partial charge in [-0.3, -0.25) is 0 Å². The molecule has 3 aromatic heterocycles. The highest BCUT2D eigenvalue weighted by Gasteiger charge is 2.09. The molecule has 1 N–H and O–H groups in total. The van der Waals surface area contributed by atoms with Crippen LogP contribution >= 0.6 is 27.7 Å². The van der Waals surface area contributed by atoms with E-state index in [1.807, 2.05) is 19.1 Å². The Hall–Kier alpha value is -1.47. The van der Waals surface area contributed by atoms with Crippen molar-refractivity contribution in [3.05, 3.63) is 35.0 Å². The van der Waals surface area contributed by atoms with Crippen molar-refractivity contribution in [2.45, 2.75) is 17.0 Å². The first-order chi connectivity index (χ1) is 8.74. The van der Waals surface area contributed by atoms with Gasteiger partial charge in [-0.1, -0.05) is 0 Å². The van der Waals surface area contributed by atoms with Gasteiger partial charge in [-0.25, -0.2) is 19.9 Å². The quantitative estimate of drug-likeness (QED) is 0.735. The molecule has 3 rings (SSSR count). The zero-order chi connectivity index (χ0) is 12.5. The number of imidazole rings is 1. The monoisotopic (exact) mass is 321 g/mol. The number of aromatic nitrogens is 5. The van der Waals surface area contributed by atoms with E-state index in [4.69, 9.17) is 0 Å². The van der Waals surface area contributed by atoms with Crippen LogP contribution in [-0.2, 0) is 0 Å². The highest BCUT2D eigenvalue weighted by molar-refractivity contribution is 9.10. The number of halogens is 1. The smallest absolute Gasteiger partial charge is 0.181 e. The van der Waals surface area contributed by atoms with Gasteiger partial charge in [-0.2, -0.15) is 0 Å². The highest BCUT2D eigenvalue weighted by Crippen LogP contribution is 2.29. The molecule has 3 aromatic rings. The fourth-order valence-corrected chi connectivity index (χ4v) is 2.59. The maximum atomic E-state index is 4.48. The minimum absolute atomic E-state index is 0.668. The van der Waals surface area contributed by atoms with E-state index >= 15 is 0 Å². The number of pyridine rings is 1. The molecule has 0 aliphatic rings. The van der Waals surface area contributed by atoms with E-state index in [9.17, 15) is 0 Å². The molecule has 0 aromatic carbocycles. The zero-order valence-corrected chi connectivity index (χ0v) is 11.8. The summed E-state index contributed by atoms with van der Waals surface area (Å²) >= 11 is 4.93. The van der Waals surface area contributed by atoms with E-state index in [1.54, 1.807) is 6.33 Å². The molecule has 0 radical (unpaired) electrons. The van der Waals surface area contributed by atoms with Gasteiger partial charge in [0.2, 0.25) is 0 Å². The molecule has 0 saturated carbocycles. The molecule has 0 unspecified atom stereocenters. The van der Waals surface area contributed by atoms with E-state index < -0.39 is 0 Å². The van der Waals surface area contributed by atoms with Crippen LogP contribution in [0.3, 0.4) is 0 Å². The molecule has 0 saturated heterocycles. The van der Waals surface area contributed by atoms with Crippen molar-refractivity contribution in [3.63, 3.8) is 0 Å². The predicted octanol–water partition coefficient (Wildman–Crippen LogP) is 2.97. The number of aryl methyl sites for hydroxylation is 1. The molecule has 7 heteroatoms. The largest absolute Gasteiger partial charge is 0.341 e. The standard InChI is InChI=1S/C11H8BrN5S/c1-6-7(12)2-3-8(17-6)18-11-9-10(14-4-13-9)15-5-16-11/h2-5H,1H3,(H,13,14,15,16). The van der Waals surface area contributed by atoms with Crippen LogP contribution in [0, 0.1) is 6.92 Å². The first-order valence-corrected chi connectivity index (χ1v) is 6.80. The fraction of sp³-hybridized carbons (Fsp3) is 0.0909. The number of hydrogen-bond acceptors (Lipinski definition) is 5. The summed E-state index contributed by atoms with van der Waals surface area (Å²) in [6.07, 6.45) is 3.13. The lowest BCUT2D eigenvalue weighted by Crippen LogP contribution is -1.89. The maximum absolute atomic E-state index is 4.48. The first kappa shape index (κ1) is 11.6. The lowest BCUT2D eigenvalue weighted by Gasteiger charge is -2.03. The van der Waals surface area contributed by atoms with Crippen LogP contribution in [0.5, 0.6) is 0 Å². The molecule has 0 amide bonds. The lowest BCUT2D eigenvalue weighted by molar-refractivity contribution is 1.03. The van der Waals surface area contributed by atoms with Crippen LogP contribution in [0.15, 0.2) is 39.3 Å². The molecule has 0 aliphatic carbocycles. The molecular formula is C11H8BrN5S. The SMILES string of the molecule is Cc1nc(Sc2ncnc3nc[nH]c23)ccc1Br. The van der Waals surface area contributed by atoms with Gasteiger partial charge < -0.3 is 4.98 Å². The van der Waals surface area contributed by atoms with Crippen LogP contribution in [0.2, 0.25) is 0 Å². The summed E-state index contributed by atoms with van der Waals surface area (Å²) in [5.74, 6) is 0. The van der Waals surface area contributed by atoms with Crippen molar-refractivity contribution in [2.24, 2.45) is 0 Å². The molecule has 3 heterocycles. The molecule has 0 bridgehead atoms. The average Bonchev–Trinajstić information content (AvgIpc) is 2.83. The summed E-state index contributed by atoms with van der Waals surface area (Å²) in [5.41, 5.74) is 2.46. The Morgan fingerprint density at radius 1 is 1.22 bits per heavy atom. The Balaban J connectivity index is 2.01. The minimum atomic E-state index is 0.668. The Kier molecular flexibility index (Phi) is 3.00. The van der Waals surface area contributed by atoms with E-state index in [-0.39, 0.29) is 0 Å². The second-order valence-corrected chi connectivity index (χ2v) is 5.46. The van der Waals surface area contributed by atoms with Crippen molar-refractivity contribution in [2.75, 3.05) is 0 Å². The van der Waals surface area contributed by atoms with E-state index in [0.717, 1.165) is 25.7 Å². The minimum Gasteiger partial charge on any atom is -0.341 e. The molecule has 0 atom stereocenters. The van der Waals surface area contributed by atoms with Crippen LogP contribution < -0.4 is 0 Å². The molecule has 0 aliphatic heterocycles. The molecule has 0 spiro atoms. The number of nitrogens with one attached hydrogen (secondary N) is 1. The Morgan fingerprint density at radius 2 is 2.11 bits per heavy atom. The summed E-state index contributed by atoms with van der Waals surface area (Å²) in [4.78, 5) is 20.0. The summed E-state index contributed by atoms with van der Waals surface area (Å²) in [5, 5.41) is 1.72. The summed E-state index contributed by atoms with van der Waals surface area (Å²) < 4.78 is 1.00. The number of H-pyrrole nitrogens is 1. The van der Waals surface area contributed by atoms with E-state index in [2.05, 4.69) is 40.8 Å². The van der Waals surface area contributed by atoms with Gasteiger partial charge in [0, 0.05) is 4.47 Å². The molecule has 90 valence electrons. The second-order valence-electron chi connectivity index (χ2n) is 3.60. The summed E-state index contributed by atoms with van der Waals surface area (Å²) in [6, 6.07) is 3.93. The third-order valence-electron chi connectivity index (χ3n) is 2.39. The molecule has 5 nitrogen and oxygen atoms in total. The number of nitrogens with zero attached hydrogens (tertiary/aromatic N) is 4. The number of fused-ring (bicyclic) bond motifs is 1.